The molecule has 142 valence electrons. The van der Waals surface area contributed by atoms with Gasteiger partial charge in [0.25, 0.3) is 0 Å². The fourth-order valence-corrected chi connectivity index (χ4v) is 5.25. The zero-order valence-corrected chi connectivity index (χ0v) is 15.7. The highest BCUT2D eigenvalue weighted by Gasteiger charge is 2.37. The fourth-order valence-electron chi connectivity index (χ4n) is 5.25. The van der Waals surface area contributed by atoms with E-state index in [1.807, 2.05) is 15.9 Å². The molecule has 2 fully saturated rings. The van der Waals surface area contributed by atoms with E-state index < -0.39 is 0 Å². The van der Waals surface area contributed by atoms with Crippen molar-refractivity contribution in [1.29, 1.82) is 0 Å². The number of hydrogen-bond acceptors (Lipinski definition) is 2. The Morgan fingerprint density at radius 3 is 2.74 bits per heavy atom. The van der Waals surface area contributed by atoms with Crippen molar-refractivity contribution >= 4 is 22.7 Å². The molecule has 3 heterocycles. The molecule has 1 aromatic carbocycles. The number of aromatic amines is 1. The summed E-state index contributed by atoms with van der Waals surface area (Å²) in [6.07, 6.45) is 6.75. The summed E-state index contributed by atoms with van der Waals surface area (Å²) >= 11 is 0. The van der Waals surface area contributed by atoms with Crippen molar-refractivity contribution < 1.29 is 9.59 Å². The first-order chi connectivity index (χ1) is 13.2. The van der Waals surface area contributed by atoms with E-state index in [9.17, 15) is 9.59 Å². The third-order valence-electron chi connectivity index (χ3n) is 6.75. The van der Waals surface area contributed by atoms with E-state index in [-0.39, 0.29) is 17.7 Å². The van der Waals surface area contributed by atoms with Crippen LogP contribution in [0.3, 0.4) is 0 Å². The second-order valence-electron chi connectivity index (χ2n) is 8.36. The first-order valence-electron chi connectivity index (χ1n) is 10.4. The molecule has 27 heavy (non-hydrogen) atoms. The highest BCUT2D eigenvalue weighted by Crippen LogP contribution is 2.32. The van der Waals surface area contributed by atoms with Crippen LogP contribution in [0.4, 0.5) is 0 Å². The van der Waals surface area contributed by atoms with E-state index in [2.05, 4.69) is 23.2 Å². The van der Waals surface area contributed by atoms with Crippen LogP contribution in [0.1, 0.15) is 49.8 Å². The molecule has 1 aromatic heterocycles. The zero-order valence-electron chi connectivity index (χ0n) is 15.7. The summed E-state index contributed by atoms with van der Waals surface area (Å²) < 4.78 is 0. The quantitative estimate of drug-likeness (QED) is 0.888. The number of likely N-dealkylation sites (tertiary alicyclic amines) is 1. The van der Waals surface area contributed by atoms with Gasteiger partial charge in [-0.2, -0.15) is 0 Å². The fraction of sp³-hybridized carbons (Fsp3) is 0.545. The number of piperidine rings is 1. The number of nitrogens with one attached hydrogen (secondary N) is 1. The maximum absolute atomic E-state index is 13.3. The molecule has 0 radical (unpaired) electrons. The Balaban J connectivity index is 1.33. The van der Waals surface area contributed by atoms with Crippen LogP contribution >= 0.6 is 0 Å². The summed E-state index contributed by atoms with van der Waals surface area (Å²) in [6.45, 7) is 2.08. The summed E-state index contributed by atoms with van der Waals surface area (Å²) in [7, 11) is 0. The number of amides is 2. The number of para-hydroxylation sites is 1. The van der Waals surface area contributed by atoms with Crippen molar-refractivity contribution in [2.75, 3.05) is 13.1 Å². The summed E-state index contributed by atoms with van der Waals surface area (Å²) in [6, 6.07) is 8.72. The maximum atomic E-state index is 13.3. The second kappa shape index (κ2) is 6.70. The number of rotatable bonds is 2. The van der Waals surface area contributed by atoms with Gasteiger partial charge in [-0.1, -0.05) is 31.0 Å². The van der Waals surface area contributed by atoms with Crippen LogP contribution in [0.25, 0.3) is 10.9 Å². The SMILES string of the molecule is O=C([C@H]1CCC(=O)N(C2CCCC2)C1)N1CCc2[nH]c3ccccc3c2C1. The predicted molar refractivity (Wildman–Crippen MR) is 104 cm³/mol. The highest BCUT2D eigenvalue weighted by atomic mass is 16.2. The van der Waals surface area contributed by atoms with E-state index in [0.29, 0.717) is 32.0 Å². The lowest BCUT2D eigenvalue weighted by atomic mass is 9.93. The molecular formula is C22H27N3O2. The van der Waals surface area contributed by atoms with Gasteiger partial charge in [0.05, 0.1) is 5.92 Å². The molecular weight excluding hydrogens is 338 g/mol. The second-order valence-corrected chi connectivity index (χ2v) is 8.36. The average molecular weight is 365 g/mol. The lowest BCUT2D eigenvalue weighted by Crippen LogP contribution is -2.50. The summed E-state index contributed by atoms with van der Waals surface area (Å²) in [5, 5.41) is 1.23. The highest BCUT2D eigenvalue weighted by molar-refractivity contribution is 5.87. The van der Waals surface area contributed by atoms with Crippen LogP contribution in [0, 0.1) is 5.92 Å². The molecule has 0 spiro atoms. The van der Waals surface area contributed by atoms with Gasteiger partial charge in [-0.15, -0.1) is 0 Å². The molecule has 1 aliphatic carbocycles. The van der Waals surface area contributed by atoms with Crippen molar-refractivity contribution in [3.63, 3.8) is 0 Å². The number of fused-ring (bicyclic) bond motifs is 3. The van der Waals surface area contributed by atoms with Gasteiger partial charge in [0.1, 0.15) is 0 Å². The van der Waals surface area contributed by atoms with E-state index >= 15 is 0 Å². The minimum atomic E-state index is -0.0324. The Morgan fingerprint density at radius 1 is 1.07 bits per heavy atom. The molecule has 3 aliphatic rings. The van der Waals surface area contributed by atoms with Gasteiger partial charge in [-0.05, 0) is 25.3 Å². The monoisotopic (exact) mass is 365 g/mol. The molecule has 2 amide bonds. The smallest absolute Gasteiger partial charge is 0.227 e. The summed E-state index contributed by atoms with van der Waals surface area (Å²) in [5.74, 6) is 0.458. The summed E-state index contributed by atoms with van der Waals surface area (Å²) in [5.41, 5.74) is 3.70. The average Bonchev–Trinajstić information content (AvgIpc) is 3.35. The van der Waals surface area contributed by atoms with Crippen LogP contribution in [-0.2, 0) is 22.6 Å². The van der Waals surface area contributed by atoms with E-state index in [0.717, 1.165) is 31.3 Å². The molecule has 1 N–H and O–H groups in total. The molecule has 2 aliphatic heterocycles. The van der Waals surface area contributed by atoms with Crippen LogP contribution in [0.2, 0.25) is 0 Å². The molecule has 5 rings (SSSR count). The molecule has 5 nitrogen and oxygen atoms in total. The van der Waals surface area contributed by atoms with Gasteiger partial charge in [-0.25, -0.2) is 0 Å². The Hall–Kier alpha value is -2.30. The Kier molecular flexibility index (Phi) is 4.18. The molecule has 0 bridgehead atoms. The van der Waals surface area contributed by atoms with E-state index in [1.54, 1.807) is 0 Å². The molecule has 1 atom stereocenters. The summed E-state index contributed by atoms with van der Waals surface area (Å²) in [4.78, 5) is 33.2. The van der Waals surface area contributed by atoms with Crippen molar-refractivity contribution in [3.05, 3.63) is 35.5 Å². The van der Waals surface area contributed by atoms with E-state index in [4.69, 9.17) is 0 Å². The Morgan fingerprint density at radius 2 is 1.89 bits per heavy atom. The standard InChI is InChI=1S/C22H27N3O2/c26-21-10-9-15(13-25(21)16-5-1-2-6-16)22(27)24-12-11-20-18(14-24)17-7-3-4-8-19(17)23-20/h3-4,7-8,15-16,23H,1-2,5-6,9-14H2/t15-/m0/s1. The maximum Gasteiger partial charge on any atom is 0.227 e. The lowest BCUT2D eigenvalue weighted by molar-refractivity contribution is -0.145. The minimum absolute atomic E-state index is 0.0324. The van der Waals surface area contributed by atoms with Crippen LogP contribution < -0.4 is 0 Å². The van der Waals surface area contributed by atoms with Crippen LogP contribution in [0.15, 0.2) is 24.3 Å². The number of aromatic nitrogens is 1. The van der Waals surface area contributed by atoms with Crippen LogP contribution in [0.5, 0.6) is 0 Å². The van der Waals surface area contributed by atoms with Crippen molar-refractivity contribution in [2.45, 2.75) is 57.5 Å². The molecule has 1 saturated carbocycles. The molecule has 2 aromatic rings. The third-order valence-corrected chi connectivity index (χ3v) is 6.75. The number of H-pyrrole nitrogens is 1. The van der Waals surface area contributed by atoms with Crippen molar-refractivity contribution in [1.82, 2.24) is 14.8 Å². The molecule has 5 heteroatoms. The van der Waals surface area contributed by atoms with Gasteiger partial charge < -0.3 is 14.8 Å². The van der Waals surface area contributed by atoms with Gasteiger partial charge in [0, 0.05) is 60.7 Å². The Labute approximate surface area is 159 Å². The molecule has 1 saturated heterocycles. The van der Waals surface area contributed by atoms with Crippen molar-refractivity contribution in [2.24, 2.45) is 5.92 Å². The number of carbonyl (C=O) groups is 2. The number of benzene rings is 1. The first kappa shape index (κ1) is 16.8. The zero-order chi connectivity index (χ0) is 18.4. The number of nitrogens with zero attached hydrogens (tertiary/aromatic N) is 2. The normalized spacial score (nSPS) is 23.9. The van der Waals surface area contributed by atoms with Gasteiger partial charge in [0.2, 0.25) is 11.8 Å². The van der Waals surface area contributed by atoms with Crippen LogP contribution in [-0.4, -0.2) is 45.7 Å². The van der Waals surface area contributed by atoms with Gasteiger partial charge >= 0.3 is 0 Å². The number of carbonyl (C=O) groups excluding carboxylic acids is 2. The molecule has 0 unspecified atom stereocenters. The Bertz CT molecular complexity index is 881. The lowest BCUT2D eigenvalue weighted by Gasteiger charge is -2.38. The predicted octanol–water partition coefficient (Wildman–Crippen LogP) is 3.23. The number of hydrogen-bond donors (Lipinski definition) is 1. The van der Waals surface area contributed by atoms with E-state index in [1.165, 1.54) is 29.5 Å². The van der Waals surface area contributed by atoms with Gasteiger partial charge in [0.15, 0.2) is 0 Å². The minimum Gasteiger partial charge on any atom is -0.358 e. The topological polar surface area (TPSA) is 56.4 Å². The first-order valence-corrected chi connectivity index (χ1v) is 10.4. The van der Waals surface area contributed by atoms with Crippen molar-refractivity contribution in [3.8, 4) is 0 Å². The van der Waals surface area contributed by atoms with Gasteiger partial charge in [-0.3, -0.25) is 9.59 Å². The largest absolute Gasteiger partial charge is 0.358 e. The third kappa shape index (κ3) is 2.93.